The number of amides is 2. The van der Waals surface area contributed by atoms with E-state index in [1.807, 2.05) is 45.0 Å². The van der Waals surface area contributed by atoms with Crippen LogP contribution in [0.3, 0.4) is 0 Å². The van der Waals surface area contributed by atoms with Crippen LogP contribution in [0, 0.1) is 6.92 Å². The summed E-state index contributed by atoms with van der Waals surface area (Å²) < 4.78 is 11.1. The van der Waals surface area contributed by atoms with Crippen molar-refractivity contribution in [2.24, 2.45) is 0 Å². The largest absolute Gasteiger partial charge is 0.473 e. The van der Waals surface area contributed by atoms with Crippen molar-refractivity contribution in [1.82, 2.24) is 10.2 Å². The van der Waals surface area contributed by atoms with Gasteiger partial charge in [0, 0.05) is 13.1 Å². The number of rotatable bonds is 3. The van der Waals surface area contributed by atoms with E-state index in [1.54, 1.807) is 4.90 Å². The van der Waals surface area contributed by atoms with Gasteiger partial charge in [-0.1, -0.05) is 17.7 Å². The van der Waals surface area contributed by atoms with E-state index in [0.717, 1.165) is 5.75 Å². The summed E-state index contributed by atoms with van der Waals surface area (Å²) in [6.45, 7) is 7.35. The maximum atomic E-state index is 12.0. The Morgan fingerprint density at radius 3 is 2.50 bits per heavy atom. The summed E-state index contributed by atoms with van der Waals surface area (Å²) in [5.41, 5.74) is 1.18. The normalized spacial score (nSPS) is 22.4. The second-order valence-corrected chi connectivity index (χ2v) is 5.25. The van der Waals surface area contributed by atoms with Gasteiger partial charge >= 0.3 is 6.03 Å². The molecule has 110 valence electrons. The molecule has 2 rings (SSSR count). The van der Waals surface area contributed by atoms with Crippen LogP contribution >= 0.6 is 0 Å². The van der Waals surface area contributed by atoms with Gasteiger partial charge in [-0.05, 0) is 32.9 Å². The fourth-order valence-corrected chi connectivity index (χ4v) is 2.27. The van der Waals surface area contributed by atoms with Crippen LogP contribution in [0.4, 0.5) is 4.79 Å². The molecule has 1 saturated heterocycles. The highest BCUT2D eigenvalue weighted by atomic mass is 16.5. The highest BCUT2D eigenvalue weighted by molar-refractivity contribution is 5.74. The predicted molar refractivity (Wildman–Crippen MR) is 76.8 cm³/mol. The van der Waals surface area contributed by atoms with Crippen LogP contribution in [0.1, 0.15) is 19.4 Å². The first kappa shape index (κ1) is 14.7. The maximum Gasteiger partial charge on any atom is 0.320 e. The summed E-state index contributed by atoms with van der Waals surface area (Å²) in [4.78, 5) is 13.8. The smallest absolute Gasteiger partial charge is 0.320 e. The molecule has 20 heavy (non-hydrogen) atoms. The average molecular weight is 278 g/mol. The lowest BCUT2D eigenvalue weighted by Gasteiger charge is -2.35. The fraction of sp³-hybridized carbons (Fsp3) is 0.533. The molecule has 1 aromatic rings. The Morgan fingerprint density at radius 2 is 1.90 bits per heavy atom. The Labute approximate surface area is 119 Å². The van der Waals surface area contributed by atoms with Crippen LogP contribution in [-0.4, -0.2) is 43.0 Å². The lowest BCUT2D eigenvalue weighted by molar-refractivity contribution is -0.0548. The van der Waals surface area contributed by atoms with Crippen LogP contribution in [0.25, 0.3) is 0 Å². The Kier molecular flexibility index (Phi) is 4.84. The molecule has 0 saturated carbocycles. The number of nitrogens with zero attached hydrogens (tertiary/aromatic N) is 1. The van der Waals surface area contributed by atoms with Gasteiger partial charge < -0.3 is 19.7 Å². The van der Waals surface area contributed by atoms with Gasteiger partial charge in [-0.2, -0.15) is 0 Å². The van der Waals surface area contributed by atoms with Crippen molar-refractivity contribution in [2.75, 3.05) is 19.8 Å². The first-order chi connectivity index (χ1) is 9.54. The van der Waals surface area contributed by atoms with Crippen molar-refractivity contribution in [1.29, 1.82) is 0 Å². The number of carbonyl (C=O) groups excluding carboxylic acids is 1. The standard InChI is InChI=1S/C15H22N2O3/c1-11-4-6-14(7-5-11)19-10-16-15(18)17-8-12(2)20-13(3)9-17/h4-7,12-13H,8-10H2,1-3H3,(H,16,18). The molecule has 2 unspecified atom stereocenters. The van der Waals surface area contributed by atoms with Gasteiger partial charge in [0.2, 0.25) is 0 Å². The lowest BCUT2D eigenvalue weighted by Crippen LogP contribution is -2.52. The number of nitrogens with one attached hydrogen (secondary N) is 1. The van der Waals surface area contributed by atoms with Crippen molar-refractivity contribution in [3.63, 3.8) is 0 Å². The van der Waals surface area contributed by atoms with Crippen LogP contribution in [-0.2, 0) is 4.74 Å². The van der Waals surface area contributed by atoms with Gasteiger partial charge in [-0.25, -0.2) is 4.79 Å². The fourth-order valence-electron chi connectivity index (χ4n) is 2.27. The SMILES string of the molecule is Cc1ccc(OCNC(=O)N2CC(C)OC(C)C2)cc1. The molecule has 0 aromatic heterocycles. The van der Waals surface area contributed by atoms with E-state index in [1.165, 1.54) is 5.56 Å². The Balaban J connectivity index is 1.76. The zero-order chi connectivity index (χ0) is 14.5. The summed E-state index contributed by atoms with van der Waals surface area (Å²) in [7, 11) is 0. The zero-order valence-electron chi connectivity index (χ0n) is 12.3. The number of carbonyl (C=O) groups is 1. The van der Waals surface area contributed by atoms with Crippen molar-refractivity contribution in [2.45, 2.75) is 33.0 Å². The third-order valence-corrected chi connectivity index (χ3v) is 3.19. The van der Waals surface area contributed by atoms with Crippen LogP contribution in [0.5, 0.6) is 5.75 Å². The monoisotopic (exact) mass is 278 g/mol. The molecule has 1 fully saturated rings. The van der Waals surface area contributed by atoms with E-state index in [2.05, 4.69) is 5.32 Å². The lowest BCUT2D eigenvalue weighted by atomic mass is 10.2. The van der Waals surface area contributed by atoms with Gasteiger partial charge in [0.25, 0.3) is 0 Å². The Morgan fingerprint density at radius 1 is 1.30 bits per heavy atom. The molecule has 1 aromatic carbocycles. The Bertz CT molecular complexity index is 437. The molecule has 1 N–H and O–H groups in total. The molecule has 0 bridgehead atoms. The molecule has 1 aliphatic heterocycles. The van der Waals surface area contributed by atoms with Crippen LogP contribution < -0.4 is 10.1 Å². The minimum atomic E-state index is -0.112. The second kappa shape index (κ2) is 6.61. The summed E-state index contributed by atoms with van der Waals surface area (Å²) >= 11 is 0. The average Bonchev–Trinajstić information content (AvgIpc) is 2.40. The quantitative estimate of drug-likeness (QED) is 0.862. The molecular formula is C15H22N2O3. The number of benzene rings is 1. The molecular weight excluding hydrogens is 256 g/mol. The molecule has 2 amide bonds. The van der Waals surface area contributed by atoms with Gasteiger partial charge in [0.15, 0.2) is 6.73 Å². The van der Waals surface area contributed by atoms with Crippen LogP contribution in [0.15, 0.2) is 24.3 Å². The number of urea groups is 1. The highest BCUT2D eigenvalue weighted by Gasteiger charge is 2.25. The number of morpholine rings is 1. The predicted octanol–water partition coefficient (Wildman–Crippen LogP) is 2.15. The summed E-state index contributed by atoms with van der Waals surface area (Å²) in [6, 6.07) is 7.62. The van der Waals surface area contributed by atoms with Gasteiger partial charge in [0.1, 0.15) is 5.75 Å². The van der Waals surface area contributed by atoms with Gasteiger partial charge in [-0.15, -0.1) is 0 Å². The van der Waals surface area contributed by atoms with E-state index in [4.69, 9.17) is 9.47 Å². The van der Waals surface area contributed by atoms with Crippen LogP contribution in [0.2, 0.25) is 0 Å². The maximum absolute atomic E-state index is 12.0. The number of hydrogen-bond acceptors (Lipinski definition) is 3. The van der Waals surface area contributed by atoms with Crippen molar-refractivity contribution in [3.8, 4) is 5.75 Å². The number of hydrogen-bond donors (Lipinski definition) is 1. The highest BCUT2D eigenvalue weighted by Crippen LogP contribution is 2.12. The molecule has 0 radical (unpaired) electrons. The van der Waals surface area contributed by atoms with Crippen molar-refractivity contribution < 1.29 is 14.3 Å². The van der Waals surface area contributed by atoms with E-state index in [-0.39, 0.29) is 25.0 Å². The van der Waals surface area contributed by atoms with E-state index in [9.17, 15) is 4.79 Å². The van der Waals surface area contributed by atoms with E-state index < -0.39 is 0 Å². The molecule has 0 spiro atoms. The third kappa shape index (κ3) is 4.13. The molecule has 1 heterocycles. The summed E-state index contributed by atoms with van der Waals surface area (Å²) in [5, 5.41) is 2.77. The van der Waals surface area contributed by atoms with E-state index in [0.29, 0.717) is 13.1 Å². The first-order valence-electron chi connectivity index (χ1n) is 6.92. The minimum absolute atomic E-state index is 0.0718. The molecule has 5 nitrogen and oxygen atoms in total. The van der Waals surface area contributed by atoms with Gasteiger partial charge in [-0.3, -0.25) is 0 Å². The Hall–Kier alpha value is -1.75. The summed E-state index contributed by atoms with van der Waals surface area (Å²) in [6.07, 6.45) is 0.144. The minimum Gasteiger partial charge on any atom is -0.473 e. The van der Waals surface area contributed by atoms with Crippen molar-refractivity contribution >= 4 is 6.03 Å². The second-order valence-electron chi connectivity index (χ2n) is 5.25. The molecule has 1 aliphatic rings. The zero-order valence-corrected chi connectivity index (χ0v) is 12.3. The molecule has 5 heteroatoms. The third-order valence-electron chi connectivity index (χ3n) is 3.19. The first-order valence-corrected chi connectivity index (χ1v) is 6.92. The number of aryl methyl sites for hydroxylation is 1. The van der Waals surface area contributed by atoms with Crippen molar-refractivity contribution in [3.05, 3.63) is 29.8 Å². The molecule has 0 aliphatic carbocycles. The topological polar surface area (TPSA) is 50.8 Å². The van der Waals surface area contributed by atoms with Gasteiger partial charge in [0.05, 0.1) is 12.2 Å². The molecule has 2 atom stereocenters. The van der Waals surface area contributed by atoms with E-state index >= 15 is 0 Å². The number of ether oxygens (including phenoxy) is 2. The summed E-state index contributed by atoms with van der Waals surface area (Å²) in [5.74, 6) is 0.750.